The van der Waals surface area contributed by atoms with Gasteiger partial charge in [0.15, 0.2) is 0 Å². The number of hydrogen-bond donors (Lipinski definition) is 1. The van der Waals surface area contributed by atoms with Crippen LogP contribution in [-0.2, 0) is 11.2 Å². The Balaban J connectivity index is 1.64. The third-order valence-corrected chi connectivity index (χ3v) is 4.37. The van der Waals surface area contributed by atoms with E-state index in [1.807, 2.05) is 6.92 Å². The van der Waals surface area contributed by atoms with Gasteiger partial charge in [0, 0.05) is 25.4 Å². The maximum atomic E-state index is 13.1. The maximum absolute atomic E-state index is 13.1. The molecule has 2 aromatic rings. The number of fused-ring (bicyclic) bond motifs is 1. The van der Waals surface area contributed by atoms with Crippen LogP contribution in [0.2, 0.25) is 0 Å². The van der Waals surface area contributed by atoms with Gasteiger partial charge < -0.3 is 10.2 Å². The number of carbonyl (C=O) groups is 1. The monoisotopic (exact) mass is 324 g/mol. The van der Waals surface area contributed by atoms with E-state index in [0.29, 0.717) is 5.56 Å². The fraction of sp³-hybridized carbons (Fsp3) is 0.250. The number of carbonyl (C=O) groups excluding carboxylic acids is 1. The molecule has 1 amide bonds. The third kappa shape index (κ3) is 3.65. The van der Waals surface area contributed by atoms with Crippen LogP contribution in [0.5, 0.6) is 0 Å². The average Bonchev–Trinajstić information content (AvgIpc) is 2.94. The second-order valence-corrected chi connectivity index (χ2v) is 6.18. The minimum Gasteiger partial charge on any atom is -0.374 e. The summed E-state index contributed by atoms with van der Waals surface area (Å²) in [6.45, 7) is 3.00. The fourth-order valence-electron chi connectivity index (χ4n) is 2.98. The van der Waals surface area contributed by atoms with Crippen LogP contribution in [-0.4, -0.2) is 19.5 Å². The first-order valence-corrected chi connectivity index (χ1v) is 8.11. The van der Waals surface area contributed by atoms with E-state index in [0.717, 1.165) is 18.5 Å². The Morgan fingerprint density at radius 1 is 1.29 bits per heavy atom. The van der Waals surface area contributed by atoms with Gasteiger partial charge in [-0.15, -0.1) is 0 Å². The zero-order chi connectivity index (χ0) is 17.1. The van der Waals surface area contributed by atoms with Gasteiger partial charge in [0.05, 0.1) is 6.04 Å². The van der Waals surface area contributed by atoms with Crippen LogP contribution in [0.1, 0.15) is 29.7 Å². The summed E-state index contributed by atoms with van der Waals surface area (Å²) >= 11 is 0. The molecule has 24 heavy (non-hydrogen) atoms. The van der Waals surface area contributed by atoms with E-state index in [-0.39, 0.29) is 17.8 Å². The van der Waals surface area contributed by atoms with Crippen molar-refractivity contribution in [2.24, 2.45) is 0 Å². The molecular formula is C20H21FN2O. The van der Waals surface area contributed by atoms with Gasteiger partial charge in [0.2, 0.25) is 5.91 Å². The molecule has 3 nitrogen and oxygen atoms in total. The Morgan fingerprint density at radius 2 is 2.12 bits per heavy atom. The molecule has 0 saturated heterocycles. The number of halogens is 1. The van der Waals surface area contributed by atoms with Crippen molar-refractivity contribution in [3.63, 3.8) is 0 Å². The molecular weight excluding hydrogens is 303 g/mol. The maximum Gasteiger partial charge on any atom is 0.244 e. The first-order chi connectivity index (χ1) is 11.5. The van der Waals surface area contributed by atoms with E-state index in [2.05, 4.69) is 35.5 Å². The van der Waals surface area contributed by atoms with Gasteiger partial charge in [-0.2, -0.15) is 0 Å². The highest BCUT2D eigenvalue weighted by Gasteiger charge is 2.17. The molecule has 1 N–H and O–H groups in total. The Bertz CT molecular complexity index is 785. The minimum absolute atomic E-state index is 0.0779. The molecule has 0 bridgehead atoms. The second-order valence-electron chi connectivity index (χ2n) is 6.18. The zero-order valence-corrected chi connectivity index (χ0v) is 13.9. The molecule has 4 heteroatoms. The Morgan fingerprint density at radius 3 is 2.92 bits per heavy atom. The van der Waals surface area contributed by atoms with E-state index in [4.69, 9.17) is 0 Å². The van der Waals surface area contributed by atoms with Gasteiger partial charge in [-0.1, -0.05) is 24.3 Å². The van der Waals surface area contributed by atoms with Crippen LogP contribution in [0.3, 0.4) is 0 Å². The largest absolute Gasteiger partial charge is 0.374 e. The number of nitrogens with zero attached hydrogens (tertiary/aromatic N) is 1. The zero-order valence-electron chi connectivity index (χ0n) is 13.9. The van der Waals surface area contributed by atoms with Gasteiger partial charge in [0.25, 0.3) is 0 Å². The van der Waals surface area contributed by atoms with Crippen molar-refractivity contribution in [1.82, 2.24) is 5.32 Å². The van der Waals surface area contributed by atoms with E-state index < -0.39 is 0 Å². The Hall–Kier alpha value is -2.62. The summed E-state index contributed by atoms with van der Waals surface area (Å²) in [4.78, 5) is 14.3. The summed E-state index contributed by atoms with van der Waals surface area (Å²) in [5.74, 6) is -0.501. The predicted octanol–water partition coefficient (Wildman–Crippen LogP) is 3.71. The molecule has 3 rings (SSSR count). The lowest BCUT2D eigenvalue weighted by Crippen LogP contribution is -2.24. The summed E-state index contributed by atoms with van der Waals surface area (Å²) in [5.41, 5.74) is 4.35. The van der Waals surface area contributed by atoms with Gasteiger partial charge in [-0.25, -0.2) is 4.39 Å². The number of anilines is 1. The summed E-state index contributed by atoms with van der Waals surface area (Å²) < 4.78 is 13.1. The highest BCUT2D eigenvalue weighted by molar-refractivity contribution is 5.92. The van der Waals surface area contributed by atoms with E-state index in [1.54, 1.807) is 18.2 Å². The van der Waals surface area contributed by atoms with Crippen LogP contribution in [0.4, 0.5) is 10.1 Å². The summed E-state index contributed by atoms with van der Waals surface area (Å²) in [6.07, 6.45) is 4.09. The first kappa shape index (κ1) is 16.2. The molecule has 0 spiro atoms. The average molecular weight is 324 g/mol. The van der Waals surface area contributed by atoms with Crippen molar-refractivity contribution in [2.45, 2.75) is 19.4 Å². The van der Waals surface area contributed by atoms with Crippen molar-refractivity contribution in [3.8, 4) is 0 Å². The quantitative estimate of drug-likeness (QED) is 0.870. The minimum atomic E-state index is -0.311. The molecule has 1 unspecified atom stereocenters. The smallest absolute Gasteiger partial charge is 0.244 e. The number of nitrogens with one attached hydrogen (secondary N) is 1. The van der Waals surface area contributed by atoms with Crippen molar-refractivity contribution >= 4 is 17.7 Å². The standard InChI is InChI=1S/C20H21FN2O/c1-14(16-7-8-19-17(13-16)10-11-23(19)2)22-20(24)9-6-15-4-3-5-18(21)12-15/h3-9,12-14H,10-11H2,1-2H3,(H,22,24)/b9-6+. The van der Waals surface area contributed by atoms with Crippen molar-refractivity contribution in [1.29, 1.82) is 0 Å². The highest BCUT2D eigenvalue weighted by Crippen LogP contribution is 2.29. The summed E-state index contributed by atoms with van der Waals surface area (Å²) in [6, 6.07) is 12.4. The lowest BCUT2D eigenvalue weighted by Gasteiger charge is -2.16. The third-order valence-electron chi connectivity index (χ3n) is 4.37. The van der Waals surface area contributed by atoms with Crippen LogP contribution < -0.4 is 10.2 Å². The fourth-order valence-corrected chi connectivity index (χ4v) is 2.98. The van der Waals surface area contributed by atoms with Crippen LogP contribution >= 0.6 is 0 Å². The molecule has 0 saturated carbocycles. The number of likely N-dealkylation sites (N-methyl/N-ethyl adjacent to an activating group) is 1. The molecule has 1 aliphatic rings. The first-order valence-electron chi connectivity index (χ1n) is 8.11. The topological polar surface area (TPSA) is 32.3 Å². The summed E-state index contributed by atoms with van der Waals surface area (Å²) in [7, 11) is 2.09. The number of rotatable bonds is 4. The molecule has 2 aromatic carbocycles. The predicted molar refractivity (Wildman–Crippen MR) is 95.4 cm³/mol. The number of amides is 1. The molecule has 0 fully saturated rings. The van der Waals surface area contributed by atoms with Gasteiger partial charge >= 0.3 is 0 Å². The molecule has 0 radical (unpaired) electrons. The molecule has 1 atom stereocenters. The highest BCUT2D eigenvalue weighted by atomic mass is 19.1. The van der Waals surface area contributed by atoms with Gasteiger partial charge in [-0.3, -0.25) is 4.79 Å². The van der Waals surface area contributed by atoms with Crippen LogP contribution in [0.25, 0.3) is 6.08 Å². The van der Waals surface area contributed by atoms with Crippen LogP contribution in [0.15, 0.2) is 48.5 Å². The molecule has 0 aliphatic carbocycles. The number of hydrogen-bond acceptors (Lipinski definition) is 2. The van der Waals surface area contributed by atoms with Crippen molar-refractivity contribution in [2.75, 3.05) is 18.5 Å². The molecule has 124 valence electrons. The second kappa shape index (κ2) is 6.87. The Labute approximate surface area is 141 Å². The van der Waals surface area contributed by atoms with Crippen molar-refractivity contribution < 1.29 is 9.18 Å². The summed E-state index contributed by atoms with van der Waals surface area (Å²) in [5, 5.41) is 2.95. The lowest BCUT2D eigenvalue weighted by molar-refractivity contribution is -0.117. The van der Waals surface area contributed by atoms with E-state index >= 15 is 0 Å². The molecule has 0 aromatic heterocycles. The van der Waals surface area contributed by atoms with E-state index in [9.17, 15) is 9.18 Å². The Kier molecular flexibility index (Phi) is 4.65. The van der Waals surface area contributed by atoms with Crippen LogP contribution in [0, 0.1) is 5.82 Å². The molecule has 1 aliphatic heterocycles. The van der Waals surface area contributed by atoms with Gasteiger partial charge in [-0.05, 0) is 54.3 Å². The SMILES string of the molecule is CC(NC(=O)/C=C/c1cccc(F)c1)c1ccc2c(c1)CCN2C. The lowest BCUT2D eigenvalue weighted by atomic mass is 10.0. The van der Waals surface area contributed by atoms with E-state index in [1.165, 1.54) is 29.5 Å². The van der Waals surface area contributed by atoms with Crippen molar-refractivity contribution in [3.05, 3.63) is 71.0 Å². The number of benzene rings is 2. The molecule has 1 heterocycles. The van der Waals surface area contributed by atoms with Gasteiger partial charge in [0.1, 0.15) is 5.82 Å². The normalized spacial score (nSPS) is 14.7.